The molecule has 72 valence electrons. The van der Waals surface area contributed by atoms with E-state index in [0.717, 1.165) is 0 Å². The average Bonchev–Trinajstić information content (AvgIpc) is 2.18. The molecule has 0 aliphatic rings. The average molecular weight is 208 g/mol. The van der Waals surface area contributed by atoms with E-state index in [9.17, 15) is 4.79 Å². The summed E-state index contributed by atoms with van der Waals surface area (Å²) in [7, 11) is 0. The van der Waals surface area contributed by atoms with Gasteiger partial charge in [-0.3, -0.25) is 4.79 Å². The van der Waals surface area contributed by atoms with Gasteiger partial charge in [0.05, 0.1) is 11.1 Å². The summed E-state index contributed by atoms with van der Waals surface area (Å²) in [5.41, 5.74) is 0.548. The topological polar surface area (TPSA) is 40.9 Å². The van der Waals surface area contributed by atoms with Gasteiger partial charge in [-0.2, -0.15) is 5.26 Å². The van der Waals surface area contributed by atoms with Crippen LogP contribution in [0.2, 0.25) is 5.02 Å². The number of unbranched alkanes of at least 4 members (excludes halogenated alkanes) is 1. The van der Waals surface area contributed by atoms with Crippen LogP contribution in [0, 0.1) is 11.3 Å². The SMILES string of the molecule is N#CCCCC(=O)c1ccccc1Cl. The van der Waals surface area contributed by atoms with Gasteiger partial charge < -0.3 is 0 Å². The van der Waals surface area contributed by atoms with E-state index in [1.165, 1.54) is 0 Å². The van der Waals surface area contributed by atoms with Crippen LogP contribution in [-0.4, -0.2) is 5.78 Å². The minimum Gasteiger partial charge on any atom is -0.294 e. The molecule has 0 unspecified atom stereocenters. The fraction of sp³-hybridized carbons (Fsp3) is 0.273. The van der Waals surface area contributed by atoms with Crippen LogP contribution in [0.15, 0.2) is 24.3 Å². The van der Waals surface area contributed by atoms with Crippen LogP contribution in [0.4, 0.5) is 0 Å². The van der Waals surface area contributed by atoms with Gasteiger partial charge in [-0.25, -0.2) is 0 Å². The fourth-order valence-electron chi connectivity index (χ4n) is 1.15. The van der Waals surface area contributed by atoms with Crippen LogP contribution in [0.3, 0.4) is 0 Å². The molecule has 0 aliphatic heterocycles. The molecule has 0 aliphatic carbocycles. The summed E-state index contributed by atoms with van der Waals surface area (Å²) in [5, 5.41) is 8.80. The van der Waals surface area contributed by atoms with Gasteiger partial charge in [0.25, 0.3) is 0 Å². The Bertz CT molecular complexity index is 368. The maximum absolute atomic E-state index is 11.5. The van der Waals surface area contributed by atoms with Crippen LogP contribution in [0.25, 0.3) is 0 Å². The first kappa shape index (κ1) is 10.7. The lowest BCUT2D eigenvalue weighted by Crippen LogP contribution is -1.99. The lowest BCUT2D eigenvalue weighted by Gasteiger charge is -2.01. The number of benzene rings is 1. The molecule has 0 amide bonds. The van der Waals surface area contributed by atoms with Gasteiger partial charge >= 0.3 is 0 Å². The number of nitrogens with zero attached hydrogens (tertiary/aromatic N) is 1. The van der Waals surface area contributed by atoms with E-state index in [-0.39, 0.29) is 5.78 Å². The van der Waals surface area contributed by atoms with E-state index >= 15 is 0 Å². The molecule has 0 fully saturated rings. The minimum absolute atomic E-state index is 0.00542. The first-order chi connectivity index (χ1) is 6.75. The van der Waals surface area contributed by atoms with E-state index in [4.69, 9.17) is 16.9 Å². The number of halogens is 1. The Hall–Kier alpha value is -1.33. The molecule has 0 N–H and O–H groups in total. The van der Waals surface area contributed by atoms with Crippen molar-refractivity contribution in [3.8, 4) is 6.07 Å². The predicted octanol–water partition coefficient (Wildman–Crippen LogP) is 3.22. The van der Waals surface area contributed by atoms with Gasteiger partial charge in [0.2, 0.25) is 0 Å². The van der Waals surface area contributed by atoms with Crippen molar-refractivity contribution in [1.82, 2.24) is 0 Å². The van der Waals surface area contributed by atoms with Gasteiger partial charge in [0.1, 0.15) is 0 Å². The number of hydrogen-bond acceptors (Lipinski definition) is 2. The first-order valence-electron chi connectivity index (χ1n) is 4.40. The maximum Gasteiger partial charge on any atom is 0.164 e. The van der Waals surface area contributed by atoms with Crippen molar-refractivity contribution in [2.45, 2.75) is 19.3 Å². The Morgan fingerprint density at radius 2 is 2.14 bits per heavy atom. The quantitative estimate of drug-likeness (QED) is 0.562. The summed E-state index contributed by atoms with van der Waals surface area (Å²) in [5.74, 6) is 0.00542. The van der Waals surface area contributed by atoms with Crippen molar-refractivity contribution in [2.24, 2.45) is 0 Å². The lowest BCUT2D eigenvalue weighted by atomic mass is 10.1. The largest absolute Gasteiger partial charge is 0.294 e. The summed E-state index contributed by atoms with van der Waals surface area (Å²) in [6.45, 7) is 0. The molecule has 14 heavy (non-hydrogen) atoms. The molecule has 0 radical (unpaired) electrons. The second kappa shape index (κ2) is 5.41. The van der Waals surface area contributed by atoms with Crippen molar-refractivity contribution in [3.63, 3.8) is 0 Å². The van der Waals surface area contributed by atoms with Crippen molar-refractivity contribution < 1.29 is 4.79 Å². The van der Waals surface area contributed by atoms with Crippen LogP contribution in [0.5, 0.6) is 0 Å². The highest BCUT2D eigenvalue weighted by molar-refractivity contribution is 6.33. The van der Waals surface area contributed by atoms with Gasteiger partial charge in [-0.15, -0.1) is 0 Å². The molecule has 0 atom stereocenters. The molecule has 0 saturated heterocycles. The third-order valence-corrected chi connectivity index (χ3v) is 2.20. The molecule has 1 aromatic carbocycles. The number of carbonyl (C=O) groups excluding carboxylic acids is 1. The summed E-state index contributed by atoms with van der Waals surface area (Å²) < 4.78 is 0. The number of ketones is 1. The van der Waals surface area contributed by atoms with Crippen LogP contribution >= 0.6 is 11.6 Å². The van der Waals surface area contributed by atoms with Crippen molar-refractivity contribution >= 4 is 17.4 Å². The van der Waals surface area contributed by atoms with Gasteiger partial charge in [-0.05, 0) is 18.6 Å². The van der Waals surface area contributed by atoms with E-state index < -0.39 is 0 Å². The zero-order chi connectivity index (χ0) is 10.4. The Kier molecular flexibility index (Phi) is 4.15. The molecular formula is C11H10ClNO. The van der Waals surface area contributed by atoms with Crippen molar-refractivity contribution in [2.75, 3.05) is 0 Å². The highest BCUT2D eigenvalue weighted by Crippen LogP contribution is 2.17. The second-order valence-corrected chi connectivity index (χ2v) is 3.32. The number of hydrogen-bond donors (Lipinski definition) is 0. The Labute approximate surface area is 88.1 Å². The third kappa shape index (κ3) is 2.86. The van der Waals surface area contributed by atoms with Gasteiger partial charge in [0, 0.05) is 18.4 Å². The highest BCUT2D eigenvalue weighted by Gasteiger charge is 2.08. The molecule has 2 nitrogen and oxygen atoms in total. The second-order valence-electron chi connectivity index (χ2n) is 2.91. The summed E-state index contributed by atoms with van der Waals surface area (Å²) >= 11 is 5.85. The molecule has 3 heteroatoms. The van der Waals surface area contributed by atoms with Gasteiger partial charge in [0.15, 0.2) is 5.78 Å². The third-order valence-electron chi connectivity index (χ3n) is 1.87. The number of nitriles is 1. The standard InChI is InChI=1S/C11H10ClNO/c12-10-6-2-1-5-9(10)11(14)7-3-4-8-13/h1-2,5-6H,3-4,7H2. The van der Waals surface area contributed by atoms with Crippen molar-refractivity contribution in [3.05, 3.63) is 34.9 Å². The van der Waals surface area contributed by atoms with E-state index in [0.29, 0.717) is 29.8 Å². The summed E-state index contributed by atoms with van der Waals surface area (Å²) in [4.78, 5) is 11.5. The molecule has 1 aromatic rings. The molecule has 0 bridgehead atoms. The summed E-state index contributed by atoms with van der Waals surface area (Å²) in [6.07, 6.45) is 1.40. The van der Waals surface area contributed by atoms with E-state index in [1.807, 2.05) is 6.07 Å². The zero-order valence-electron chi connectivity index (χ0n) is 7.66. The number of Topliss-reactive ketones (excluding diaryl/α,β-unsaturated/α-hetero) is 1. The fourth-order valence-corrected chi connectivity index (χ4v) is 1.39. The monoisotopic (exact) mass is 207 g/mol. The maximum atomic E-state index is 11.5. The number of rotatable bonds is 4. The molecule has 1 rings (SSSR count). The highest BCUT2D eigenvalue weighted by atomic mass is 35.5. The van der Waals surface area contributed by atoms with Crippen molar-refractivity contribution in [1.29, 1.82) is 5.26 Å². The molecule has 0 saturated carbocycles. The summed E-state index contributed by atoms with van der Waals surface area (Å²) in [6, 6.07) is 8.97. The van der Waals surface area contributed by atoms with Crippen LogP contribution < -0.4 is 0 Å². The lowest BCUT2D eigenvalue weighted by molar-refractivity contribution is 0.0980. The zero-order valence-corrected chi connectivity index (χ0v) is 8.42. The van der Waals surface area contributed by atoms with Crippen LogP contribution in [0.1, 0.15) is 29.6 Å². The minimum atomic E-state index is 0.00542. The van der Waals surface area contributed by atoms with E-state index in [2.05, 4.69) is 0 Å². The van der Waals surface area contributed by atoms with E-state index in [1.54, 1.807) is 24.3 Å². The van der Waals surface area contributed by atoms with Gasteiger partial charge in [-0.1, -0.05) is 23.7 Å². The molecule has 0 heterocycles. The number of carbonyl (C=O) groups is 1. The Morgan fingerprint density at radius 1 is 1.43 bits per heavy atom. The van der Waals surface area contributed by atoms with Crippen LogP contribution in [-0.2, 0) is 0 Å². The molecular weight excluding hydrogens is 198 g/mol. The Balaban J connectivity index is 2.62. The predicted molar refractivity (Wildman–Crippen MR) is 55.2 cm³/mol. The Morgan fingerprint density at radius 3 is 2.79 bits per heavy atom. The molecule has 0 spiro atoms. The molecule has 0 aromatic heterocycles. The first-order valence-corrected chi connectivity index (χ1v) is 4.78. The normalized spacial score (nSPS) is 9.43. The smallest absolute Gasteiger partial charge is 0.164 e.